The zero-order valence-corrected chi connectivity index (χ0v) is 16.2. The minimum absolute atomic E-state index is 0.273. The summed E-state index contributed by atoms with van der Waals surface area (Å²) >= 11 is 0. The number of rotatable bonds is 9. The number of amides is 4. The molecule has 10 heteroatoms. The van der Waals surface area contributed by atoms with Crippen molar-refractivity contribution in [2.24, 2.45) is 0 Å². The lowest BCUT2D eigenvalue weighted by Crippen LogP contribution is -2.47. The van der Waals surface area contributed by atoms with E-state index in [1.165, 1.54) is 0 Å². The van der Waals surface area contributed by atoms with Gasteiger partial charge in [0, 0.05) is 6.07 Å². The van der Waals surface area contributed by atoms with Crippen molar-refractivity contribution in [3.63, 3.8) is 0 Å². The number of esters is 1. The summed E-state index contributed by atoms with van der Waals surface area (Å²) in [6.07, 6.45) is 2.24. The molecule has 0 aromatic heterocycles. The minimum atomic E-state index is -1.03. The van der Waals surface area contributed by atoms with Gasteiger partial charge < -0.3 is 15.4 Å². The summed E-state index contributed by atoms with van der Waals surface area (Å²) < 4.78 is 31.1. The first-order valence-corrected chi connectivity index (χ1v) is 9.27. The Bertz CT molecular complexity index is 809. The van der Waals surface area contributed by atoms with Crippen LogP contribution in [-0.4, -0.2) is 47.4 Å². The summed E-state index contributed by atoms with van der Waals surface area (Å²) in [4.78, 5) is 49.4. The number of imide groups is 1. The van der Waals surface area contributed by atoms with Crippen molar-refractivity contribution in [2.75, 3.05) is 18.5 Å². The van der Waals surface area contributed by atoms with E-state index in [4.69, 9.17) is 4.74 Å². The molecule has 1 aromatic rings. The van der Waals surface area contributed by atoms with Crippen molar-refractivity contribution in [2.45, 2.75) is 45.1 Å². The number of hydrogen-bond donors (Lipinski definition) is 2. The molecule has 0 radical (unpaired) electrons. The van der Waals surface area contributed by atoms with Crippen LogP contribution < -0.4 is 10.6 Å². The molecular weight excluding hydrogens is 388 g/mol. The Morgan fingerprint density at radius 2 is 1.83 bits per heavy atom. The van der Waals surface area contributed by atoms with Gasteiger partial charge in [0.05, 0.1) is 5.69 Å². The number of benzene rings is 1. The first kappa shape index (κ1) is 22.3. The van der Waals surface area contributed by atoms with Gasteiger partial charge >= 0.3 is 12.0 Å². The zero-order chi connectivity index (χ0) is 21.6. The molecule has 158 valence electrons. The third-order valence-electron chi connectivity index (χ3n) is 4.46. The van der Waals surface area contributed by atoms with E-state index < -0.39 is 54.1 Å². The van der Waals surface area contributed by atoms with E-state index in [2.05, 4.69) is 10.6 Å². The average molecular weight is 411 g/mol. The number of ether oxygens (including phenoxy) is 1. The predicted molar refractivity (Wildman–Crippen MR) is 98.7 cm³/mol. The van der Waals surface area contributed by atoms with Crippen molar-refractivity contribution < 1.29 is 32.7 Å². The number of carbonyl (C=O) groups is 4. The van der Waals surface area contributed by atoms with Crippen molar-refractivity contribution in [1.29, 1.82) is 0 Å². The molecule has 1 aliphatic rings. The maximum atomic E-state index is 13.5. The standard InChI is InChI=1S/C19H23F2N3O5/c1-3-7-19(8-4-2)17(27)24(18(28)23-19)10-16(26)29-11-15(25)22-14-6-5-12(20)9-13(14)21/h5-6,9H,3-4,7-8,10-11H2,1-2H3,(H,22,25)(H,23,28). The fourth-order valence-corrected chi connectivity index (χ4v) is 3.24. The van der Waals surface area contributed by atoms with E-state index in [0.29, 0.717) is 31.7 Å². The van der Waals surface area contributed by atoms with E-state index in [1.54, 1.807) is 0 Å². The van der Waals surface area contributed by atoms with Crippen LogP contribution in [-0.2, 0) is 19.1 Å². The van der Waals surface area contributed by atoms with Gasteiger partial charge in [-0.3, -0.25) is 19.3 Å². The topological polar surface area (TPSA) is 105 Å². The highest BCUT2D eigenvalue weighted by Gasteiger charge is 2.50. The Hall–Kier alpha value is -3.04. The lowest BCUT2D eigenvalue weighted by atomic mass is 9.88. The monoisotopic (exact) mass is 411 g/mol. The summed E-state index contributed by atoms with van der Waals surface area (Å²) in [7, 11) is 0. The van der Waals surface area contributed by atoms with Crippen LogP contribution in [0.3, 0.4) is 0 Å². The molecule has 0 saturated carbocycles. The fraction of sp³-hybridized carbons (Fsp3) is 0.474. The maximum Gasteiger partial charge on any atom is 0.326 e. The lowest BCUT2D eigenvalue weighted by Gasteiger charge is -2.25. The largest absolute Gasteiger partial charge is 0.454 e. The Kier molecular flexibility index (Phi) is 7.24. The molecule has 2 rings (SSSR count). The van der Waals surface area contributed by atoms with Gasteiger partial charge in [-0.2, -0.15) is 0 Å². The van der Waals surface area contributed by atoms with Crippen molar-refractivity contribution >= 4 is 29.5 Å². The molecule has 1 aliphatic heterocycles. The molecule has 2 N–H and O–H groups in total. The van der Waals surface area contributed by atoms with Gasteiger partial charge in [0.25, 0.3) is 11.8 Å². The van der Waals surface area contributed by atoms with Crippen LogP contribution in [0.1, 0.15) is 39.5 Å². The number of anilines is 1. The average Bonchev–Trinajstić information content (AvgIpc) is 2.87. The van der Waals surface area contributed by atoms with Crippen molar-refractivity contribution in [3.05, 3.63) is 29.8 Å². The van der Waals surface area contributed by atoms with Gasteiger partial charge in [-0.1, -0.05) is 26.7 Å². The molecule has 29 heavy (non-hydrogen) atoms. The number of halogens is 2. The summed E-state index contributed by atoms with van der Waals surface area (Å²) in [5.41, 5.74) is -1.30. The number of nitrogens with zero attached hydrogens (tertiary/aromatic N) is 1. The zero-order valence-electron chi connectivity index (χ0n) is 16.2. The van der Waals surface area contributed by atoms with Crippen LogP contribution in [0.15, 0.2) is 18.2 Å². The first-order valence-electron chi connectivity index (χ1n) is 9.27. The third kappa shape index (κ3) is 5.27. The second kappa shape index (κ2) is 9.44. The van der Waals surface area contributed by atoms with E-state index in [1.807, 2.05) is 13.8 Å². The Morgan fingerprint density at radius 1 is 1.17 bits per heavy atom. The molecule has 4 amide bonds. The van der Waals surface area contributed by atoms with Crippen molar-refractivity contribution in [3.8, 4) is 0 Å². The van der Waals surface area contributed by atoms with Gasteiger partial charge in [0.15, 0.2) is 6.61 Å². The van der Waals surface area contributed by atoms with Crippen LogP contribution in [0.2, 0.25) is 0 Å². The normalized spacial score (nSPS) is 15.2. The molecule has 0 spiro atoms. The number of urea groups is 1. The van der Waals surface area contributed by atoms with E-state index in [9.17, 15) is 28.0 Å². The molecule has 1 saturated heterocycles. The number of carbonyl (C=O) groups excluding carboxylic acids is 4. The highest BCUT2D eigenvalue weighted by atomic mass is 19.1. The molecular formula is C19H23F2N3O5. The van der Waals surface area contributed by atoms with Crippen LogP contribution >= 0.6 is 0 Å². The molecule has 0 unspecified atom stereocenters. The van der Waals surface area contributed by atoms with E-state index in [0.717, 1.165) is 17.0 Å². The van der Waals surface area contributed by atoms with Gasteiger partial charge in [0.1, 0.15) is 23.7 Å². The number of nitrogens with one attached hydrogen (secondary N) is 2. The molecule has 0 atom stereocenters. The summed E-state index contributed by atoms with van der Waals surface area (Å²) in [6.45, 7) is 2.37. The third-order valence-corrected chi connectivity index (χ3v) is 4.46. The Balaban J connectivity index is 1.90. The van der Waals surface area contributed by atoms with Gasteiger partial charge in [-0.15, -0.1) is 0 Å². The second-order valence-corrected chi connectivity index (χ2v) is 6.74. The quantitative estimate of drug-likeness (QED) is 0.479. The fourth-order valence-electron chi connectivity index (χ4n) is 3.24. The smallest absolute Gasteiger partial charge is 0.326 e. The lowest BCUT2D eigenvalue weighted by molar-refractivity contribution is -0.150. The van der Waals surface area contributed by atoms with E-state index >= 15 is 0 Å². The molecule has 1 fully saturated rings. The molecule has 0 aliphatic carbocycles. The van der Waals surface area contributed by atoms with Crippen LogP contribution in [0, 0.1) is 11.6 Å². The molecule has 1 heterocycles. The highest BCUT2D eigenvalue weighted by molar-refractivity contribution is 6.08. The summed E-state index contributed by atoms with van der Waals surface area (Å²) in [6, 6.07) is 1.89. The van der Waals surface area contributed by atoms with Gasteiger partial charge in [-0.25, -0.2) is 13.6 Å². The molecule has 1 aromatic carbocycles. The van der Waals surface area contributed by atoms with Gasteiger partial charge in [-0.05, 0) is 25.0 Å². The summed E-state index contributed by atoms with van der Waals surface area (Å²) in [5, 5.41) is 4.79. The Labute approximate surface area is 166 Å². The first-order chi connectivity index (χ1) is 13.7. The Morgan fingerprint density at radius 3 is 2.41 bits per heavy atom. The summed E-state index contributed by atoms with van der Waals surface area (Å²) in [5.74, 6) is -4.10. The highest BCUT2D eigenvalue weighted by Crippen LogP contribution is 2.28. The minimum Gasteiger partial charge on any atom is -0.454 e. The molecule has 0 bridgehead atoms. The van der Waals surface area contributed by atoms with Crippen LogP contribution in [0.25, 0.3) is 0 Å². The predicted octanol–water partition coefficient (Wildman–Crippen LogP) is 2.34. The van der Waals surface area contributed by atoms with Crippen LogP contribution in [0.5, 0.6) is 0 Å². The van der Waals surface area contributed by atoms with Crippen LogP contribution in [0.4, 0.5) is 19.3 Å². The number of hydrogen-bond acceptors (Lipinski definition) is 5. The SMILES string of the molecule is CCCC1(CCC)NC(=O)N(CC(=O)OCC(=O)Nc2ccc(F)cc2F)C1=O. The maximum absolute atomic E-state index is 13.5. The molecule has 8 nitrogen and oxygen atoms in total. The second-order valence-electron chi connectivity index (χ2n) is 6.74. The van der Waals surface area contributed by atoms with Crippen molar-refractivity contribution in [1.82, 2.24) is 10.2 Å². The van der Waals surface area contributed by atoms with E-state index in [-0.39, 0.29) is 5.69 Å². The van der Waals surface area contributed by atoms with Gasteiger partial charge in [0.2, 0.25) is 0 Å².